The zero-order valence-electron chi connectivity index (χ0n) is 57.6. The van der Waals surface area contributed by atoms with Gasteiger partial charge in [0.2, 0.25) is 0 Å². The molecular formula is C100H64N6. The predicted octanol–water partition coefficient (Wildman–Crippen LogP) is 26.4. The quantitative estimate of drug-likeness (QED) is 0.145. The van der Waals surface area contributed by atoms with Gasteiger partial charge in [0.05, 0.1) is 71.9 Å². The molecule has 0 fully saturated rings. The lowest BCUT2D eigenvalue weighted by atomic mass is 10.0. The summed E-state index contributed by atoms with van der Waals surface area (Å²) in [5.41, 5.74) is 26.4. The van der Waals surface area contributed by atoms with Gasteiger partial charge >= 0.3 is 0 Å². The molecule has 0 aliphatic heterocycles. The highest BCUT2D eigenvalue weighted by Gasteiger charge is 2.24. The van der Waals surface area contributed by atoms with Crippen molar-refractivity contribution >= 4 is 142 Å². The summed E-state index contributed by atoms with van der Waals surface area (Å²) in [4.78, 5) is 0. The molecule has 0 atom stereocenters. The third-order valence-electron chi connectivity index (χ3n) is 22.2. The van der Waals surface area contributed by atoms with E-state index >= 15 is 0 Å². The molecule has 6 aromatic heterocycles. The van der Waals surface area contributed by atoms with Crippen LogP contribution in [0.2, 0.25) is 0 Å². The molecule has 0 bridgehead atoms. The van der Waals surface area contributed by atoms with Crippen LogP contribution in [-0.4, -0.2) is 27.4 Å². The van der Waals surface area contributed by atoms with Gasteiger partial charge in [-0.3, -0.25) is 0 Å². The van der Waals surface area contributed by atoms with Crippen molar-refractivity contribution in [2.45, 2.75) is 0 Å². The Kier molecular flexibility index (Phi) is 13.3. The number of rotatable bonds is 8. The van der Waals surface area contributed by atoms with Gasteiger partial charge in [-0.2, -0.15) is 0 Å². The van der Waals surface area contributed by atoms with Gasteiger partial charge in [0.25, 0.3) is 0 Å². The SMILES string of the molecule is c1ccc(-n2c3ccccc3c3cc(-c4ccc5c(c4)c4ccccc4n5-c4ccc5c(c4)c4c6ccccc6ccc4n5-c4ccccc4)ccc32)cc1.c1ccc(-n2c3ccccc3c3cc(-c4ccc5c(c4)c4ccccc4n5-c4cccc5c4c4ccccc4n5-c4ccccc4)ccc32)cc1. The van der Waals surface area contributed by atoms with E-state index < -0.39 is 0 Å². The van der Waals surface area contributed by atoms with Crippen LogP contribution < -0.4 is 0 Å². The minimum Gasteiger partial charge on any atom is -0.309 e. The van der Waals surface area contributed by atoms with E-state index in [-0.39, 0.29) is 0 Å². The molecule has 0 aliphatic rings. The van der Waals surface area contributed by atoms with E-state index in [4.69, 9.17) is 0 Å². The van der Waals surface area contributed by atoms with Crippen molar-refractivity contribution in [3.63, 3.8) is 0 Å². The average molecular weight is 1350 g/mol. The molecule has 0 spiro atoms. The molecule has 0 radical (unpaired) electrons. The molecule has 6 heteroatoms. The molecule has 0 unspecified atom stereocenters. The largest absolute Gasteiger partial charge is 0.309 e. The van der Waals surface area contributed by atoms with Crippen molar-refractivity contribution in [3.05, 3.63) is 388 Å². The maximum Gasteiger partial charge on any atom is 0.0562 e. The smallest absolute Gasteiger partial charge is 0.0562 e. The Balaban J connectivity index is 0.000000133. The number of hydrogen-bond donors (Lipinski definition) is 0. The van der Waals surface area contributed by atoms with Gasteiger partial charge in [0.1, 0.15) is 0 Å². The average Bonchev–Trinajstić information content (AvgIpc) is 1.56. The number of aromatic nitrogens is 6. The van der Waals surface area contributed by atoms with Gasteiger partial charge in [0.15, 0.2) is 0 Å². The zero-order chi connectivity index (χ0) is 69.5. The van der Waals surface area contributed by atoms with Crippen molar-refractivity contribution in [1.82, 2.24) is 27.4 Å². The lowest BCUT2D eigenvalue weighted by Gasteiger charge is -2.12. The van der Waals surface area contributed by atoms with Crippen molar-refractivity contribution < 1.29 is 0 Å². The standard InChI is InChI=1S/C52H33N3.C48H31N3/c1-3-14-37(15-4-1)53-46-21-11-9-19-41(46)43-31-35(24-27-48(43)53)36-25-28-49-44(32-36)42-20-10-12-22-47(42)55(49)39-26-30-50-45(33-39)52-40-18-8-7-13-34(40)23-29-51(52)54(50)38-16-5-2-6-17-38;1-3-14-34(15-4-1)49-41-21-10-7-18-36(41)39-30-32(26-28-44(39)49)33-27-29-45-40(31-33)37-19-8-11-22-42(37)51(45)47-25-13-24-46-48(47)38-20-9-12-23-43(38)50(46)35-16-5-2-6-17-35/h1-33H;1-31H. The first-order valence-electron chi connectivity index (χ1n) is 36.5. The summed E-state index contributed by atoms with van der Waals surface area (Å²) in [7, 11) is 0. The summed E-state index contributed by atoms with van der Waals surface area (Å²) in [5, 5.41) is 17.6. The molecule has 0 saturated heterocycles. The summed E-state index contributed by atoms with van der Waals surface area (Å²) in [6.45, 7) is 0. The lowest BCUT2D eigenvalue weighted by molar-refractivity contribution is 1.17. The Morgan fingerprint density at radius 2 is 0.415 bits per heavy atom. The van der Waals surface area contributed by atoms with Crippen LogP contribution in [0.15, 0.2) is 388 Å². The van der Waals surface area contributed by atoms with E-state index in [9.17, 15) is 0 Å². The molecule has 106 heavy (non-hydrogen) atoms. The molecule has 17 aromatic carbocycles. The van der Waals surface area contributed by atoms with Crippen LogP contribution in [0.4, 0.5) is 0 Å². The summed E-state index contributed by atoms with van der Waals surface area (Å²) in [6, 6.07) is 142. The second-order valence-electron chi connectivity index (χ2n) is 27.9. The maximum atomic E-state index is 2.47. The maximum absolute atomic E-state index is 2.47. The highest BCUT2D eigenvalue weighted by molar-refractivity contribution is 6.23. The summed E-state index contributed by atoms with van der Waals surface area (Å²) < 4.78 is 14.5. The van der Waals surface area contributed by atoms with E-state index in [1.54, 1.807) is 0 Å². The Labute approximate surface area is 609 Å². The van der Waals surface area contributed by atoms with Crippen LogP contribution in [0.25, 0.3) is 198 Å². The molecule has 23 rings (SSSR count). The second kappa shape index (κ2) is 23.7. The fraction of sp³-hybridized carbons (Fsp3) is 0. The summed E-state index contributed by atoms with van der Waals surface area (Å²) in [6.07, 6.45) is 0. The lowest BCUT2D eigenvalue weighted by Crippen LogP contribution is -1.96. The van der Waals surface area contributed by atoms with Gasteiger partial charge in [-0.15, -0.1) is 0 Å². The first-order chi connectivity index (χ1) is 52.6. The first kappa shape index (κ1) is 59.5. The van der Waals surface area contributed by atoms with Crippen LogP contribution in [0, 0.1) is 0 Å². The summed E-state index contributed by atoms with van der Waals surface area (Å²) in [5.74, 6) is 0. The van der Waals surface area contributed by atoms with Crippen molar-refractivity contribution in [2.24, 2.45) is 0 Å². The van der Waals surface area contributed by atoms with Crippen LogP contribution in [-0.2, 0) is 0 Å². The second-order valence-corrected chi connectivity index (χ2v) is 27.9. The Bertz CT molecular complexity index is 7490. The molecule has 6 nitrogen and oxygen atoms in total. The Hall–Kier alpha value is -14.2. The fourth-order valence-electron chi connectivity index (χ4n) is 17.7. The molecule has 0 amide bonds. The van der Waals surface area contributed by atoms with E-state index in [1.807, 2.05) is 0 Å². The zero-order valence-corrected chi connectivity index (χ0v) is 57.6. The number of hydrogen-bond acceptors (Lipinski definition) is 0. The molecule has 23 aromatic rings. The molecule has 494 valence electrons. The molecule has 6 heterocycles. The van der Waals surface area contributed by atoms with Crippen LogP contribution in [0.5, 0.6) is 0 Å². The minimum atomic E-state index is 1.15. The minimum absolute atomic E-state index is 1.15. The van der Waals surface area contributed by atoms with Gasteiger partial charge in [0, 0.05) is 93.1 Å². The fourth-order valence-corrected chi connectivity index (χ4v) is 17.7. The van der Waals surface area contributed by atoms with E-state index in [0.717, 1.165) is 17.1 Å². The van der Waals surface area contributed by atoms with Crippen LogP contribution >= 0.6 is 0 Å². The van der Waals surface area contributed by atoms with E-state index in [1.165, 1.54) is 181 Å². The van der Waals surface area contributed by atoms with Crippen molar-refractivity contribution in [1.29, 1.82) is 0 Å². The predicted molar refractivity (Wildman–Crippen MR) is 447 cm³/mol. The number of nitrogens with zero attached hydrogens (tertiary/aromatic N) is 6. The molecule has 0 aliphatic carbocycles. The van der Waals surface area contributed by atoms with E-state index in [0.29, 0.717) is 0 Å². The molecule has 0 N–H and O–H groups in total. The number of para-hydroxylation sites is 9. The third-order valence-corrected chi connectivity index (χ3v) is 22.2. The van der Waals surface area contributed by atoms with Crippen LogP contribution in [0.1, 0.15) is 0 Å². The molecule has 0 saturated carbocycles. The first-order valence-corrected chi connectivity index (χ1v) is 36.5. The number of benzene rings is 17. The monoisotopic (exact) mass is 1350 g/mol. The molecular weight excluding hydrogens is 1290 g/mol. The Morgan fingerprint density at radius 1 is 0.132 bits per heavy atom. The summed E-state index contributed by atoms with van der Waals surface area (Å²) >= 11 is 0. The Morgan fingerprint density at radius 3 is 0.849 bits per heavy atom. The highest BCUT2D eigenvalue weighted by Crippen LogP contribution is 2.45. The van der Waals surface area contributed by atoms with Gasteiger partial charge in [-0.05, 0) is 197 Å². The van der Waals surface area contributed by atoms with Gasteiger partial charge in [-0.25, -0.2) is 0 Å². The normalized spacial score (nSPS) is 12.0. The topological polar surface area (TPSA) is 29.6 Å². The van der Waals surface area contributed by atoms with Crippen molar-refractivity contribution in [2.75, 3.05) is 0 Å². The van der Waals surface area contributed by atoms with Gasteiger partial charge < -0.3 is 27.4 Å². The third kappa shape index (κ3) is 9.04. The highest BCUT2D eigenvalue weighted by atomic mass is 15.0. The van der Waals surface area contributed by atoms with Crippen molar-refractivity contribution in [3.8, 4) is 56.4 Å². The van der Waals surface area contributed by atoms with Crippen LogP contribution in [0.3, 0.4) is 0 Å². The van der Waals surface area contributed by atoms with E-state index in [2.05, 4.69) is 416 Å². The number of fused-ring (bicyclic) bond motifs is 20. The van der Waals surface area contributed by atoms with Gasteiger partial charge in [-0.1, -0.05) is 224 Å².